The van der Waals surface area contributed by atoms with Crippen LogP contribution in [0.15, 0.2) is 18.3 Å². The van der Waals surface area contributed by atoms with Crippen LogP contribution in [0.4, 0.5) is 10.5 Å². The van der Waals surface area contributed by atoms with Crippen LogP contribution in [-0.4, -0.2) is 59.8 Å². The fourth-order valence-electron chi connectivity index (χ4n) is 5.51. The molecule has 2 aliphatic heterocycles. The number of piperidine rings is 1. The quantitative estimate of drug-likeness (QED) is 0.467. The van der Waals surface area contributed by atoms with Gasteiger partial charge in [-0.1, -0.05) is 25.3 Å². The van der Waals surface area contributed by atoms with Gasteiger partial charge in [0, 0.05) is 42.6 Å². The van der Waals surface area contributed by atoms with E-state index in [1.165, 1.54) is 0 Å². The van der Waals surface area contributed by atoms with Crippen molar-refractivity contribution in [3.05, 3.63) is 28.1 Å². The van der Waals surface area contributed by atoms with Crippen molar-refractivity contribution in [3.63, 3.8) is 0 Å². The van der Waals surface area contributed by atoms with Crippen LogP contribution in [0.2, 0.25) is 0 Å². The molecule has 39 heavy (non-hydrogen) atoms. The van der Waals surface area contributed by atoms with Crippen molar-refractivity contribution in [2.24, 2.45) is 17.3 Å². The third-order valence-electron chi connectivity index (χ3n) is 7.74. The number of rotatable bonds is 5. The Labute approximate surface area is 235 Å². The first-order valence-electron chi connectivity index (χ1n) is 14.0. The van der Waals surface area contributed by atoms with Crippen molar-refractivity contribution in [1.29, 1.82) is 0 Å². The van der Waals surface area contributed by atoms with E-state index in [2.05, 4.69) is 30.7 Å². The van der Waals surface area contributed by atoms with Gasteiger partial charge in [-0.3, -0.25) is 4.79 Å². The number of carbonyl (C=O) groups excluding carboxylic acids is 2. The molecule has 0 unspecified atom stereocenters. The van der Waals surface area contributed by atoms with Crippen LogP contribution in [0, 0.1) is 29.1 Å². The first-order chi connectivity index (χ1) is 18.4. The van der Waals surface area contributed by atoms with E-state index in [-0.39, 0.29) is 40.4 Å². The number of anilines is 1. The maximum atomic E-state index is 14.1. The molecule has 2 N–H and O–H groups in total. The third-order valence-corrected chi connectivity index (χ3v) is 8.77. The van der Waals surface area contributed by atoms with Gasteiger partial charge in [0.05, 0.1) is 17.1 Å². The zero-order chi connectivity index (χ0) is 28.3. The van der Waals surface area contributed by atoms with Gasteiger partial charge in [0.2, 0.25) is 5.91 Å². The molecule has 1 atom stereocenters. The van der Waals surface area contributed by atoms with Crippen LogP contribution in [0.25, 0.3) is 0 Å². The van der Waals surface area contributed by atoms with Gasteiger partial charge in [0.1, 0.15) is 11.0 Å². The summed E-state index contributed by atoms with van der Waals surface area (Å²) in [6.07, 6.45) is 4.76. The Balaban J connectivity index is 1.57. The number of ether oxygens (including phenoxy) is 1. The Morgan fingerprint density at radius 3 is 2.38 bits per heavy atom. The molecule has 2 saturated heterocycles. The molecule has 4 rings (SSSR count). The molecule has 1 aromatic rings. The summed E-state index contributed by atoms with van der Waals surface area (Å²) >= 11 is 1.12. The van der Waals surface area contributed by atoms with Crippen molar-refractivity contribution in [2.75, 3.05) is 24.5 Å². The van der Waals surface area contributed by atoms with Gasteiger partial charge in [-0.25, -0.2) is 9.59 Å². The third kappa shape index (κ3) is 7.36. The highest BCUT2D eigenvalue weighted by molar-refractivity contribution is 7.15. The van der Waals surface area contributed by atoms with E-state index >= 15 is 0 Å². The summed E-state index contributed by atoms with van der Waals surface area (Å²) < 4.78 is 5.65. The van der Waals surface area contributed by atoms with Crippen LogP contribution < -0.4 is 10.2 Å². The lowest BCUT2D eigenvalue weighted by Crippen LogP contribution is -2.51. The number of carbonyl (C=O) groups is 3. The first kappa shape index (κ1) is 29.0. The Morgan fingerprint density at radius 1 is 1.15 bits per heavy atom. The maximum absolute atomic E-state index is 14.1. The van der Waals surface area contributed by atoms with E-state index in [4.69, 9.17) is 4.74 Å². The van der Waals surface area contributed by atoms with Gasteiger partial charge in [-0.2, -0.15) is 0 Å². The Kier molecular flexibility index (Phi) is 8.95. The van der Waals surface area contributed by atoms with E-state index < -0.39 is 5.97 Å². The van der Waals surface area contributed by atoms with Crippen molar-refractivity contribution in [3.8, 4) is 11.8 Å². The minimum atomic E-state index is -1.05. The van der Waals surface area contributed by atoms with Crippen molar-refractivity contribution in [2.45, 2.75) is 84.8 Å². The highest BCUT2D eigenvalue weighted by atomic mass is 32.1. The molecule has 0 radical (unpaired) electrons. The number of carboxylic acids is 1. The van der Waals surface area contributed by atoms with Crippen LogP contribution >= 0.6 is 11.3 Å². The number of aromatic carboxylic acids is 1. The van der Waals surface area contributed by atoms with Crippen LogP contribution in [0.1, 0.15) is 87.2 Å². The number of amides is 2. The topological polar surface area (TPSA) is 99.2 Å². The minimum Gasteiger partial charge on any atom is -0.477 e. The number of carboxylic acid groups (broad SMARTS) is 1. The molecule has 1 aliphatic carbocycles. The molecule has 3 heterocycles. The summed E-state index contributed by atoms with van der Waals surface area (Å²) in [7, 11) is 0. The molecule has 1 saturated carbocycles. The standard InChI is InChI=1S/C30H41N3O5S/c1-19-6-8-21(9-7-19)27(34)33(25-17-24(10-13-30(3,4)5)39-26(25)28(35)36)22-11-14-32(15-12-22)29(37)38-23-16-20(2)31-18-23/h17,19,21-23,31H,2,6-9,11-12,14-16,18H2,1,3-5H3,(H,35,36)/t19?,21?,23-/m0/s1. The molecule has 0 bridgehead atoms. The summed E-state index contributed by atoms with van der Waals surface area (Å²) in [6, 6.07) is 1.57. The maximum Gasteiger partial charge on any atom is 0.410 e. The zero-order valence-electron chi connectivity index (χ0n) is 23.5. The predicted octanol–water partition coefficient (Wildman–Crippen LogP) is 5.48. The second-order valence-corrected chi connectivity index (χ2v) is 13.3. The van der Waals surface area contributed by atoms with Gasteiger partial charge in [0.15, 0.2) is 0 Å². The molecular weight excluding hydrogens is 514 g/mol. The number of thiophene rings is 1. The molecule has 212 valence electrons. The summed E-state index contributed by atoms with van der Waals surface area (Å²) in [4.78, 5) is 43.4. The number of likely N-dealkylation sites (tertiary alicyclic amines) is 1. The fraction of sp³-hybridized carbons (Fsp3) is 0.633. The van der Waals surface area contributed by atoms with Crippen molar-refractivity contribution >= 4 is 35.0 Å². The Bertz CT molecular complexity index is 1160. The van der Waals surface area contributed by atoms with Gasteiger partial charge < -0.3 is 25.0 Å². The molecule has 3 aliphatic rings. The minimum absolute atomic E-state index is 0.00546. The molecule has 1 aromatic heterocycles. The SMILES string of the molecule is C=C1C[C@H](OC(=O)N2CCC(N(C(=O)C3CCC(C)CC3)c3cc(C#CC(C)(C)C)sc3C(=O)O)CC2)CN1. The molecule has 0 aromatic carbocycles. The highest BCUT2D eigenvalue weighted by Crippen LogP contribution is 2.38. The van der Waals surface area contributed by atoms with E-state index in [1.54, 1.807) is 15.9 Å². The second-order valence-electron chi connectivity index (χ2n) is 12.2. The number of nitrogens with one attached hydrogen (secondary N) is 1. The number of hydrogen-bond donors (Lipinski definition) is 2. The van der Waals surface area contributed by atoms with Gasteiger partial charge >= 0.3 is 12.1 Å². The van der Waals surface area contributed by atoms with Crippen LogP contribution in [0.3, 0.4) is 0 Å². The molecular formula is C30H41N3O5S. The number of nitrogens with zero attached hydrogens (tertiary/aromatic N) is 2. The molecule has 0 spiro atoms. The van der Waals surface area contributed by atoms with Gasteiger partial charge in [-0.15, -0.1) is 11.3 Å². The van der Waals surface area contributed by atoms with Crippen LogP contribution in [0.5, 0.6) is 0 Å². The van der Waals surface area contributed by atoms with Crippen LogP contribution in [-0.2, 0) is 9.53 Å². The lowest BCUT2D eigenvalue weighted by molar-refractivity contribution is -0.124. The summed E-state index contributed by atoms with van der Waals surface area (Å²) in [6.45, 7) is 13.6. The lowest BCUT2D eigenvalue weighted by atomic mass is 9.82. The smallest absolute Gasteiger partial charge is 0.410 e. The molecule has 3 fully saturated rings. The van der Waals surface area contributed by atoms with E-state index in [1.807, 2.05) is 20.8 Å². The van der Waals surface area contributed by atoms with E-state index in [9.17, 15) is 19.5 Å². The van der Waals surface area contributed by atoms with E-state index in [0.29, 0.717) is 55.4 Å². The number of hydrogen-bond acceptors (Lipinski definition) is 6. The highest BCUT2D eigenvalue weighted by Gasteiger charge is 2.38. The molecule has 2 amide bonds. The van der Waals surface area contributed by atoms with Gasteiger partial charge in [0.25, 0.3) is 0 Å². The van der Waals surface area contributed by atoms with Gasteiger partial charge in [-0.05, 0) is 71.3 Å². The summed E-state index contributed by atoms with van der Waals surface area (Å²) in [5.74, 6) is 5.72. The lowest BCUT2D eigenvalue weighted by Gasteiger charge is -2.40. The summed E-state index contributed by atoms with van der Waals surface area (Å²) in [5.41, 5.74) is 1.07. The Morgan fingerprint density at radius 2 is 1.82 bits per heavy atom. The van der Waals surface area contributed by atoms with Crippen molar-refractivity contribution in [1.82, 2.24) is 10.2 Å². The van der Waals surface area contributed by atoms with E-state index in [0.717, 1.165) is 42.7 Å². The zero-order valence-corrected chi connectivity index (χ0v) is 24.4. The normalized spacial score (nSPS) is 23.9. The average Bonchev–Trinajstić information content (AvgIpc) is 3.49. The van der Waals surface area contributed by atoms with Crippen molar-refractivity contribution < 1.29 is 24.2 Å². The molecule has 8 nitrogen and oxygen atoms in total. The fourth-order valence-corrected chi connectivity index (χ4v) is 6.35. The largest absolute Gasteiger partial charge is 0.477 e. The molecule has 9 heteroatoms. The summed E-state index contributed by atoms with van der Waals surface area (Å²) in [5, 5.41) is 13.2. The second kappa shape index (κ2) is 12.0. The average molecular weight is 556 g/mol. The monoisotopic (exact) mass is 555 g/mol. The predicted molar refractivity (Wildman–Crippen MR) is 153 cm³/mol. The first-order valence-corrected chi connectivity index (χ1v) is 14.8. The Hall–Kier alpha value is -2.99.